The molecule has 1 fully saturated rings. The summed E-state index contributed by atoms with van der Waals surface area (Å²) in [6.07, 6.45) is 0.0820. The minimum atomic E-state index is -1.76. The number of carbonyl (C=O) groups is 3. The third kappa shape index (κ3) is 2.63. The van der Waals surface area contributed by atoms with Gasteiger partial charge in [0.15, 0.2) is 17.5 Å². The average Bonchev–Trinajstić information content (AvgIpc) is 2.39. The second-order valence-corrected chi connectivity index (χ2v) is 4.20. The number of piperidine rings is 1. The highest BCUT2D eigenvalue weighted by atomic mass is 19.2. The van der Waals surface area contributed by atoms with Crippen molar-refractivity contribution in [3.8, 4) is 0 Å². The molecule has 1 aromatic carbocycles. The molecule has 3 amide bonds. The fourth-order valence-corrected chi connectivity index (χ4v) is 1.77. The van der Waals surface area contributed by atoms with Gasteiger partial charge in [0.1, 0.15) is 6.04 Å². The van der Waals surface area contributed by atoms with Gasteiger partial charge in [0.25, 0.3) is 5.91 Å². The van der Waals surface area contributed by atoms with Crippen LogP contribution in [0.25, 0.3) is 0 Å². The molecule has 0 radical (unpaired) electrons. The SMILES string of the molecule is O=C1CCC(NC(=O)c2ccc(F)c(F)c2F)C(=O)N1. The zero-order valence-electron chi connectivity index (χ0n) is 10.0. The molecule has 106 valence electrons. The van der Waals surface area contributed by atoms with Crippen LogP contribution in [-0.4, -0.2) is 23.8 Å². The quantitative estimate of drug-likeness (QED) is 0.619. The molecule has 1 unspecified atom stereocenters. The number of imide groups is 1. The number of benzene rings is 1. The van der Waals surface area contributed by atoms with Gasteiger partial charge >= 0.3 is 0 Å². The molecule has 0 aliphatic carbocycles. The zero-order chi connectivity index (χ0) is 14.9. The van der Waals surface area contributed by atoms with E-state index < -0.39 is 46.8 Å². The van der Waals surface area contributed by atoms with Gasteiger partial charge in [-0.25, -0.2) is 13.2 Å². The molecule has 20 heavy (non-hydrogen) atoms. The Morgan fingerprint density at radius 1 is 1.20 bits per heavy atom. The Morgan fingerprint density at radius 3 is 2.55 bits per heavy atom. The Hall–Kier alpha value is -2.38. The van der Waals surface area contributed by atoms with Gasteiger partial charge in [0, 0.05) is 6.42 Å². The smallest absolute Gasteiger partial charge is 0.255 e. The molecule has 1 saturated heterocycles. The van der Waals surface area contributed by atoms with Crippen LogP contribution in [-0.2, 0) is 9.59 Å². The van der Waals surface area contributed by atoms with Gasteiger partial charge < -0.3 is 5.32 Å². The van der Waals surface area contributed by atoms with Crippen molar-refractivity contribution in [2.75, 3.05) is 0 Å². The summed E-state index contributed by atoms with van der Waals surface area (Å²) in [5.74, 6) is -7.07. The van der Waals surface area contributed by atoms with Gasteiger partial charge in [-0.3, -0.25) is 19.7 Å². The summed E-state index contributed by atoms with van der Waals surface area (Å²) in [6, 6.07) is 0.361. The van der Waals surface area contributed by atoms with E-state index in [4.69, 9.17) is 0 Å². The highest BCUT2D eigenvalue weighted by Gasteiger charge is 2.29. The van der Waals surface area contributed by atoms with Crippen LogP contribution < -0.4 is 10.6 Å². The van der Waals surface area contributed by atoms with Gasteiger partial charge in [0.05, 0.1) is 5.56 Å². The van der Waals surface area contributed by atoms with Crippen LogP contribution in [0.2, 0.25) is 0 Å². The Balaban J connectivity index is 2.15. The first-order valence-electron chi connectivity index (χ1n) is 5.68. The zero-order valence-corrected chi connectivity index (χ0v) is 10.0. The van der Waals surface area contributed by atoms with E-state index in [1.807, 2.05) is 5.32 Å². The number of carbonyl (C=O) groups excluding carboxylic acids is 3. The lowest BCUT2D eigenvalue weighted by Crippen LogP contribution is -2.52. The van der Waals surface area contributed by atoms with Crippen molar-refractivity contribution in [1.29, 1.82) is 0 Å². The molecule has 1 aliphatic heterocycles. The summed E-state index contributed by atoms with van der Waals surface area (Å²) >= 11 is 0. The minimum Gasteiger partial charge on any atom is -0.340 e. The summed E-state index contributed by atoms with van der Waals surface area (Å²) < 4.78 is 39.1. The molecule has 0 bridgehead atoms. The standard InChI is InChI=1S/C12H9F3N2O3/c13-6-2-1-5(9(14)10(6)15)11(19)16-7-3-4-8(18)17-12(7)20/h1-2,7H,3-4H2,(H,16,19)(H,17,18,20). The number of hydrogen-bond donors (Lipinski definition) is 2. The van der Waals surface area contributed by atoms with E-state index in [-0.39, 0.29) is 12.8 Å². The number of rotatable bonds is 2. The molecular weight excluding hydrogens is 277 g/mol. The van der Waals surface area contributed by atoms with E-state index >= 15 is 0 Å². The molecule has 0 saturated carbocycles. The number of halogens is 3. The summed E-state index contributed by atoms with van der Waals surface area (Å²) in [6.45, 7) is 0. The molecule has 0 spiro atoms. The summed E-state index contributed by atoms with van der Waals surface area (Å²) in [7, 11) is 0. The van der Waals surface area contributed by atoms with E-state index in [9.17, 15) is 27.6 Å². The second kappa shape index (κ2) is 5.32. The molecule has 1 aliphatic rings. The average molecular weight is 286 g/mol. The van der Waals surface area contributed by atoms with E-state index in [2.05, 4.69) is 5.32 Å². The second-order valence-electron chi connectivity index (χ2n) is 4.20. The predicted molar refractivity (Wildman–Crippen MR) is 60.0 cm³/mol. The van der Waals surface area contributed by atoms with Gasteiger partial charge in [-0.05, 0) is 18.6 Å². The number of nitrogens with one attached hydrogen (secondary N) is 2. The first-order chi connectivity index (χ1) is 9.40. The summed E-state index contributed by atoms with van der Waals surface area (Å²) in [5.41, 5.74) is -0.714. The van der Waals surface area contributed by atoms with Crippen molar-refractivity contribution in [2.45, 2.75) is 18.9 Å². The monoisotopic (exact) mass is 286 g/mol. The highest BCUT2D eigenvalue weighted by Crippen LogP contribution is 2.15. The fourth-order valence-electron chi connectivity index (χ4n) is 1.77. The van der Waals surface area contributed by atoms with Crippen LogP contribution >= 0.6 is 0 Å². The molecule has 2 rings (SSSR count). The van der Waals surface area contributed by atoms with Crippen molar-refractivity contribution >= 4 is 17.7 Å². The molecule has 5 nitrogen and oxygen atoms in total. The highest BCUT2D eigenvalue weighted by molar-refractivity contribution is 6.03. The van der Waals surface area contributed by atoms with Gasteiger partial charge in [-0.15, -0.1) is 0 Å². The maximum Gasteiger partial charge on any atom is 0.255 e. The Labute approximate surface area is 111 Å². The van der Waals surface area contributed by atoms with Crippen molar-refractivity contribution in [3.05, 3.63) is 35.1 Å². The third-order valence-corrected chi connectivity index (χ3v) is 2.82. The largest absolute Gasteiger partial charge is 0.340 e. The summed E-state index contributed by atoms with van der Waals surface area (Å²) in [5, 5.41) is 4.16. The van der Waals surface area contributed by atoms with Gasteiger partial charge in [-0.2, -0.15) is 0 Å². The van der Waals surface area contributed by atoms with Crippen molar-refractivity contribution in [2.24, 2.45) is 0 Å². The maximum atomic E-state index is 13.4. The lowest BCUT2D eigenvalue weighted by Gasteiger charge is -2.21. The first-order valence-corrected chi connectivity index (χ1v) is 5.68. The molecular formula is C12H9F3N2O3. The Bertz CT molecular complexity index is 604. The lowest BCUT2D eigenvalue weighted by atomic mass is 10.1. The van der Waals surface area contributed by atoms with E-state index in [1.165, 1.54) is 0 Å². The van der Waals surface area contributed by atoms with Gasteiger partial charge in [-0.1, -0.05) is 0 Å². The molecule has 0 aromatic heterocycles. The maximum absolute atomic E-state index is 13.4. The number of amides is 3. The third-order valence-electron chi connectivity index (χ3n) is 2.82. The van der Waals surface area contributed by atoms with E-state index in [0.29, 0.717) is 6.07 Å². The van der Waals surface area contributed by atoms with Crippen LogP contribution in [0.1, 0.15) is 23.2 Å². The van der Waals surface area contributed by atoms with Crippen LogP contribution in [0.5, 0.6) is 0 Å². The van der Waals surface area contributed by atoms with Crippen molar-refractivity contribution < 1.29 is 27.6 Å². The lowest BCUT2D eigenvalue weighted by molar-refractivity contribution is -0.134. The molecule has 2 N–H and O–H groups in total. The molecule has 1 aromatic rings. The Morgan fingerprint density at radius 2 is 1.90 bits per heavy atom. The predicted octanol–water partition coefficient (Wildman–Crippen LogP) is 0.639. The van der Waals surface area contributed by atoms with Crippen LogP contribution in [0.4, 0.5) is 13.2 Å². The minimum absolute atomic E-state index is 0.0247. The topological polar surface area (TPSA) is 75.3 Å². The van der Waals surface area contributed by atoms with Gasteiger partial charge in [0.2, 0.25) is 11.8 Å². The molecule has 8 heteroatoms. The van der Waals surface area contributed by atoms with E-state index in [0.717, 1.165) is 6.07 Å². The fraction of sp³-hybridized carbons (Fsp3) is 0.250. The molecule has 1 heterocycles. The van der Waals surface area contributed by atoms with E-state index in [1.54, 1.807) is 0 Å². The van der Waals surface area contributed by atoms with Crippen LogP contribution in [0.3, 0.4) is 0 Å². The number of hydrogen-bond acceptors (Lipinski definition) is 3. The van der Waals surface area contributed by atoms with Crippen molar-refractivity contribution in [3.63, 3.8) is 0 Å². The Kier molecular flexibility index (Phi) is 3.73. The molecule has 1 atom stereocenters. The van der Waals surface area contributed by atoms with Crippen molar-refractivity contribution in [1.82, 2.24) is 10.6 Å². The van der Waals surface area contributed by atoms with Crippen LogP contribution in [0.15, 0.2) is 12.1 Å². The first kappa shape index (κ1) is 14.0. The van der Waals surface area contributed by atoms with Crippen LogP contribution in [0, 0.1) is 17.5 Å². The summed E-state index contributed by atoms with van der Waals surface area (Å²) in [4.78, 5) is 34.0. The normalized spacial score (nSPS) is 18.6.